The van der Waals surface area contributed by atoms with Gasteiger partial charge in [0, 0.05) is 26.4 Å². The van der Waals surface area contributed by atoms with E-state index in [4.69, 9.17) is 28.6 Å². The quantitative estimate of drug-likeness (QED) is 0.386. The molecule has 2 N–H and O–H groups in total. The smallest absolute Gasteiger partial charge is 0.236 e. The van der Waals surface area contributed by atoms with Gasteiger partial charge < -0.3 is 15.4 Å². The largest absolute Gasteiger partial charge is 0.467 e. The summed E-state index contributed by atoms with van der Waals surface area (Å²) < 4.78 is 7.50. The van der Waals surface area contributed by atoms with Gasteiger partial charge in [-0.05, 0) is 80.7 Å². The summed E-state index contributed by atoms with van der Waals surface area (Å²) in [4.78, 5) is 15.7. The number of nitrogens with zero attached hydrogens (tertiary/aromatic N) is 1. The molecule has 2 aliphatic rings. The molecular formula is C25H21BrClN3O2S. The zero-order chi connectivity index (χ0) is 23.3. The van der Waals surface area contributed by atoms with Gasteiger partial charge in [0.05, 0.1) is 6.04 Å². The second-order valence-corrected chi connectivity index (χ2v) is 10.1. The minimum atomic E-state index is -1.06. The summed E-state index contributed by atoms with van der Waals surface area (Å²) in [6.07, 6.45) is 0. The standard InChI is InChI=1S/C25H21BrClN3O2S/c1-14-3-10-18(11-4-14)30-24(33)29-22-19-13-15(26)5-12-20(19)32-25(30,2)21(22)23(31)28-17-8-6-16(27)7-9-17/h3-13,21-22H,1-2H3,(H,28,31)(H,29,33)/t21-,22+,25+/m0/s1. The van der Waals surface area contributed by atoms with E-state index in [2.05, 4.69) is 26.6 Å². The second-order valence-electron chi connectivity index (χ2n) is 8.41. The Kier molecular flexibility index (Phi) is 5.59. The molecule has 8 heteroatoms. The minimum Gasteiger partial charge on any atom is -0.467 e. The number of thiocarbonyl (C=S) groups is 1. The van der Waals surface area contributed by atoms with Crippen LogP contribution in [-0.2, 0) is 4.79 Å². The molecule has 2 aliphatic heterocycles. The van der Waals surface area contributed by atoms with E-state index in [0.29, 0.717) is 21.6 Å². The molecule has 3 atom stereocenters. The molecule has 3 aromatic carbocycles. The van der Waals surface area contributed by atoms with Crippen LogP contribution in [0.5, 0.6) is 5.75 Å². The first-order valence-corrected chi connectivity index (χ1v) is 12.1. The Labute approximate surface area is 211 Å². The van der Waals surface area contributed by atoms with Gasteiger partial charge in [-0.1, -0.05) is 45.2 Å². The van der Waals surface area contributed by atoms with Crippen molar-refractivity contribution >= 4 is 62.1 Å². The van der Waals surface area contributed by atoms with E-state index >= 15 is 0 Å². The third-order valence-corrected chi connectivity index (χ3v) is 7.19. The van der Waals surface area contributed by atoms with Gasteiger partial charge in [0.15, 0.2) is 10.8 Å². The molecule has 1 fully saturated rings. The van der Waals surface area contributed by atoms with Gasteiger partial charge in [-0.15, -0.1) is 0 Å². The maximum Gasteiger partial charge on any atom is 0.236 e. The average molecular weight is 543 g/mol. The van der Waals surface area contributed by atoms with Crippen molar-refractivity contribution in [1.82, 2.24) is 5.32 Å². The maximum absolute atomic E-state index is 13.8. The van der Waals surface area contributed by atoms with Gasteiger partial charge in [-0.2, -0.15) is 0 Å². The Bertz CT molecular complexity index is 1250. The Morgan fingerprint density at radius 3 is 2.55 bits per heavy atom. The lowest BCUT2D eigenvalue weighted by Gasteiger charge is -2.56. The maximum atomic E-state index is 13.8. The van der Waals surface area contributed by atoms with Crippen LogP contribution in [0.3, 0.4) is 0 Å². The fourth-order valence-electron chi connectivity index (χ4n) is 4.59. The van der Waals surface area contributed by atoms with Gasteiger partial charge in [0.25, 0.3) is 0 Å². The van der Waals surface area contributed by atoms with Crippen molar-refractivity contribution in [2.75, 3.05) is 10.2 Å². The van der Waals surface area contributed by atoms with Crippen LogP contribution < -0.4 is 20.3 Å². The molecule has 0 aromatic heterocycles. The van der Waals surface area contributed by atoms with Crippen molar-refractivity contribution in [3.05, 3.63) is 87.4 Å². The number of hydrogen-bond acceptors (Lipinski definition) is 3. The van der Waals surface area contributed by atoms with Crippen LogP contribution in [0.15, 0.2) is 71.2 Å². The van der Waals surface area contributed by atoms with Crippen LogP contribution in [0.25, 0.3) is 0 Å². The third kappa shape index (κ3) is 3.88. The predicted molar refractivity (Wildman–Crippen MR) is 139 cm³/mol. The summed E-state index contributed by atoms with van der Waals surface area (Å²) in [5, 5.41) is 7.57. The van der Waals surface area contributed by atoms with Crippen molar-refractivity contribution < 1.29 is 9.53 Å². The molecule has 3 aromatic rings. The Balaban J connectivity index is 1.62. The number of rotatable bonds is 3. The SMILES string of the molecule is Cc1ccc(N2C(=S)N[C@@H]3c4cc(Br)ccc4O[C@]2(C)[C@@H]3C(=O)Nc2ccc(Cl)cc2)cc1. The number of amides is 1. The molecule has 0 spiro atoms. The number of anilines is 2. The van der Waals surface area contributed by atoms with Crippen molar-refractivity contribution in [3.8, 4) is 5.75 Å². The molecule has 0 saturated carbocycles. The lowest BCUT2D eigenvalue weighted by atomic mass is 9.78. The molecule has 168 valence electrons. The molecule has 33 heavy (non-hydrogen) atoms. The number of hydrogen-bond donors (Lipinski definition) is 2. The van der Waals surface area contributed by atoms with E-state index in [1.807, 2.05) is 61.2 Å². The highest BCUT2D eigenvalue weighted by Gasteiger charge is 2.59. The molecule has 0 unspecified atom stereocenters. The monoisotopic (exact) mass is 541 g/mol. The fourth-order valence-corrected chi connectivity index (χ4v) is 5.51. The van der Waals surface area contributed by atoms with Gasteiger partial charge in [0.1, 0.15) is 11.7 Å². The number of ether oxygens (including phenoxy) is 1. The molecular weight excluding hydrogens is 522 g/mol. The first-order chi connectivity index (χ1) is 15.8. The van der Waals surface area contributed by atoms with Gasteiger partial charge >= 0.3 is 0 Å². The van der Waals surface area contributed by atoms with Crippen molar-refractivity contribution in [3.63, 3.8) is 0 Å². The first kappa shape index (κ1) is 22.2. The summed E-state index contributed by atoms with van der Waals surface area (Å²) in [6, 6.07) is 20.5. The minimum absolute atomic E-state index is 0.178. The predicted octanol–water partition coefficient (Wildman–Crippen LogP) is 6.21. The van der Waals surface area contributed by atoms with Gasteiger partial charge in [-0.3, -0.25) is 9.69 Å². The van der Waals surface area contributed by atoms with Crippen LogP contribution >= 0.6 is 39.7 Å². The summed E-state index contributed by atoms with van der Waals surface area (Å²) in [5.41, 5.74) is 2.47. The molecule has 0 aliphatic carbocycles. The summed E-state index contributed by atoms with van der Waals surface area (Å²) in [6.45, 7) is 3.95. The molecule has 0 radical (unpaired) electrons. The number of nitrogens with one attached hydrogen (secondary N) is 2. The number of aryl methyl sites for hydroxylation is 1. The highest BCUT2D eigenvalue weighted by Crippen LogP contribution is 2.50. The number of carbonyl (C=O) groups is 1. The first-order valence-electron chi connectivity index (χ1n) is 10.5. The van der Waals surface area contributed by atoms with Gasteiger partial charge in [0.2, 0.25) is 5.91 Å². The van der Waals surface area contributed by atoms with E-state index < -0.39 is 11.6 Å². The summed E-state index contributed by atoms with van der Waals surface area (Å²) >= 11 is 15.3. The summed E-state index contributed by atoms with van der Waals surface area (Å²) in [5.74, 6) is -0.0705. The fraction of sp³-hybridized carbons (Fsp3) is 0.200. The highest BCUT2D eigenvalue weighted by molar-refractivity contribution is 9.10. The second kappa shape index (κ2) is 8.31. The number of benzene rings is 3. The Morgan fingerprint density at radius 2 is 1.85 bits per heavy atom. The zero-order valence-electron chi connectivity index (χ0n) is 17.9. The van der Waals surface area contributed by atoms with E-state index in [1.54, 1.807) is 24.3 Å². The number of fused-ring (bicyclic) bond motifs is 4. The average Bonchev–Trinajstić information content (AvgIpc) is 2.77. The number of halogens is 2. The van der Waals surface area contributed by atoms with Crippen molar-refractivity contribution in [2.24, 2.45) is 5.92 Å². The topological polar surface area (TPSA) is 53.6 Å². The highest BCUT2D eigenvalue weighted by atomic mass is 79.9. The van der Waals surface area contributed by atoms with E-state index in [9.17, 15) is 4.79 Å². The Hall–Kier alpha value is -2.61. The van der Waals surface area contributed by atoms with Crippen LogP contribution in [0.4, 0.5) is 11.4 Å². The molecule has 5 nitrogen and oxygen atoms in total. The van der Waals surface area contributed by atoms with Crippen LogP contribution in [0.1, 0.15) is 24.1 Å². The van der Waals surface area contributed by atoms with Crippen LogP contribution in [0, 0.1) is 12.8 Å². The van der Waals surface area contributed by atoms with E-state index in [0.717, 1.165) is 21.3 Å². The van der Waals surface area contributed by atoms with Gasteiger partial charge in [-0.25, -0.2) is 0 Å². The van der Waals surface area contributed by atoms with Crippen molar-refractivity contribution in [2.45, 2.75) is 25.6 Å². The lowest BCUT2D eigenvalue weighted by molar-refractivity contribution is -0.130. The van der Waals surface area contributed by atoms with E-state index in [-0.39, 0.29) is 11.9 Å². The molecule has 1 amide bonds. The normalized spacial score (nSPS) is 23.3. The number of carbonyl (C=O) groups excluding carboxylic acids is 1. The molecule has 5 rings (SSSR count). The van der Waals surface area contributed by atoms with Crippen LogP contribution in [-0.4, -0.2) is 16.7 Å². The summed E-state index contributed by atoms with van der Waals surface area (Å²) in [7, 11) is 0. The zero-order valence-corrected chi connectivity index (χ0v) is 21.1. The lowest BCUT2D eigenvalue weighted by Crippen LogP contribution is -2.72. The van der Waals surface area contributed by atoms with Crippen LogP contribution in [0.2, 0.25) is 5.02 Å². The van der Waals surface area contributed by atoms with E-state index in [1.165, 1.54) is 0 Å². The Morgan fingerprint density at radius 1 is 1.15 bits per heavy atom. The third-order valence-electron chi connectivity index (χ3n) is 6.15. The molecule has 2 heterocycles. The molecule has 1 saturated heterocycles. The van der Waals surface area contributed by atoms with Crippen molar-refractivity contribution in [1.29, 1.82) is 0 Å². The molecule has 2 bridgehead atoms.